The Bertz CT molecular complexity index is 429. The fourth-order valence-corrected chi connectivity index (χ4v) is 3.99. The van der Waals surface area contributed by atoms with Gasteiger partial charge in [0.1, 0.15) is 0 Å². The fourth-order valence-electron chi connectivity index (χ4n) is 1.96. The molecule has 2 rings (SSSR count). The predicted octanol–water partition coefficient (Wildman–Crippen LogP) is 1.67. The molecule has 0 bridgehead atoms. The van der Waals surface area contributed by atoms with E-state index < -0.39 is 14.6 Å². The van der Waals surface area contributed by atoms with Gasteiger partial charge < -0.3 is 0 Å². The molecule has 0 unspecified atom stereocenters. The van der Waals surface area contributed by atoms with Crippen LogP contribution in [0.1, 0.15) is 19.3 Å². The van der Waals surface area contributed by atoms with Crippen LogP contribution < -0.4 is 5.73 Å². The molecule has 15 heavy (non-hydrogen) atoms. The van der Waals surface area contributed by atoms with Crippen molar-refractivity contribution in [1.82, 2.24) is 5.73 Å². The summed E-state index contributed by atoms with van der Waals surface area (Å²) in [4.78, 5) is 0.358. The SMILES string of the molecule is [NH]CC1(S(=O)(=O)c2ccccc2)CCC1. The molecule has 3 nitrogen and oxygen atoms in total. The second-order valence-corrected chi connectivity index (χ2v) is 6.37. The Morgan fingerprint density at radius 1 is 1.20 bits per heavy atom. The molecule has 1 saturated carbocycles. The molecule has 4 heteroatoms. The molecule has 1 radical (unpaired) electrons. The monoisotopic (exact) mass is 224 g/mol. The summed E-state index contributed by atoms with van der Waals surface area (Å²) in [6.45, 7) is -0.0236. The summed E-state index contributed by atoms with van der Waals surface area (Å²) in [7, 11) is -3.30. The van der Waals surface area contributed by atoms with Crippen LogP contribution >= 0.6 is 0 Å². The van der Waals surface area contributed by atoms with Crippen LogP contribution in [-0.2, 0) is 9.84 Å². The Balaban J connectivity index is 2.44. The van der Waals surface area contributed by atoms with Crippen molar-refractivity contribution in [3.05, 3.63) is 30.3 Å². The third-order valence-electron chi connectivity index (χ3n) is 3.21. The number of benzene rings is 1. The highest BCUT2D eigenvalue weighted by Gasteiger charge is 2.48. The summed E-state index contributed by atoms with van der Waals surface area (Å²) < 4.78 is 23.7. The lowest BCUT2D eigenvalue weighted by Crippen LogP contribution is -2.48. The Morgan fingerprint density at radius 2 is 1.80 bits per heavy atom. The van der Waals surface area contributed by atoms with Gasteiger partial charge in [-0.2, -0.15) is 0 Å². The summed E-state index contributed by atoms with van der Waals surface area (Å²) in [6.07, 6.45) is 2.19. The van der Waals surface area contributed by atoms with E-state index in [1.54, 1.807) is 30.3 Å². The molecule has 0 spiro atoms. The lowest BCUT2D eigenvalue weighted by Gasteiger charge is -2.39. The normalized spacial score (nSPS) is 19.5. The summed E-state index contributed by atoms with van der Waals surface area (Å²) in [5.74, 6) is 0. The van der Waals surface area contributed by atoms with Crippen LogP contribution in [0.2, 0.25) is 0 Å². The van der Waals surface area contributed by atoms with E-state index in [2.05, 4.69) is 0 Å². The maximum Gasteiger partial charge on any atom is 0.185 e. The quantitative estimate of drug-likeness (QED) is 0.784. The smallest absolute Gasteiger partial charge is 0.185 e. The van der Waals surface area contributed by atoms with Gasteiger partial charge in [0.15, 0.2) is 9.84 Å². The van der Waals surface area contributed by atoms with Crippen LogP contribution in [0.25, 0.3) is 0 Å². The van der Waals surface area contributed by atoms with Gasteiger partial charge in [0, 0.05) is 6.54 Å². The lowest BCUT2D eigenvalue weighted by atomic mass is 9.84. The first-order valence-electron chi connectivity index (χ1n) is 5.07. The Hall–Kier alpha value is -0.870. The maximum atomic E-state index is 12.2. The van der Waals surface area contributed by atoms with Crippen LogP contribution in [-0.4, -0.2) is 19.7 Å². The molecule has 0 atom stereocenters. The minimum Gasteiger partial charge on any atom is -0.256 e. The van der Waals surface area contributed by atoms with E-state index in [0.717, 1.165) is 6.42 Å². The number of hydrogen-bond donors (Lipinski definition) is 0. The van der Waals surface area contributed by atoms with Gasteiger partial charge in [-0.15, -0.1) is 0 Å². The summed E-state index contributed by atoms with van der Waals surface area (Å²) in [5.41, 5.74) is 7.43. The Kier molecular flexibility index (Phi) is 2.56. The Labute approximate surface area is 90.2 Å². The molecule has 1 fully saturated rings. The largest absolute Gasteiger partial charge is 0.256 e. The summed E-state index contributed by atoms with van der Waals surface area (Å²) >= 11 is 0. The summed E-state index contributed by atoms with van der Waals surface area (Å²) in [5, 5.41) is 0. The van der Waals surface area contributed by atoms with Crippen LogP contribution in [0.3, 0.4) is 0 Å². The van der Waals surface area contributed by atoms with E-state index in [-0.39, 0.29) is 6.54 Å². The second-order valence-electron chi connectivity index (χ2n) is 4.03. The van der Waals surface area contributed by atoms with Crippen molar-refractivity contribution in [2.24, 2.45) is 0 Å². The van der Waals surface area contributed by atoms with Gasteiger partial charge in [-0.3, -0.25) is 5.73 Å². The highest BCUT2D eigenvalue weighted by atomic mass is 32.2. The van der Waals surface area contributed by atoms with E-state index in [9.17, 15) is 8.42 Å². The number of hydrogen-bond acceptors (Lipinski definition) is 2. The predicted molar refractivity (Wildman–Crippen MR) is 58.2 cm³/mol. The molecule has 0 heterocycles. The van der Waals surface area contributed by atoms with Gasteiger partial charge in [0.25, 0.3) is 0 Å². The molecule has 0 aromatic heterocycles. The zero-order chi connectivity index (χ0) is 10.9. The van der Waals surface area contributed by atoms with E-state index in [4.69, 9.17) is 5.73 Å². The first kappa shape index (κ1) is 10.6. The van der Waals surface area contributed by atoms with Crippen molar-refractivity contribution in [3.63, 3.8) is 0 Å². The maximum absolute atomic E-state index is 12.2. The molecule has 1 aromatic carbocycles. The summed E-state index contributed by atoms with van der Waals surface area (Å²) in [6, 6.07) is 8.48. The zero-order valence-electron chi connectivity index (χ0n) is 8.44. The van der Waals surface area contributed by atoms with E-state index in [0.29, 0.717) is 17.7 Å². The number of nitrogens with one attached hydrogen (secondary N) is 1. The third kappa shape index (κ3) is 1.48. The van der Waals surface area contributed by atoms with Crippen LogP contribution in [0.15, 0.2) is 35.2 Å². The fraction of sp³-hybridized carbons (Fsp3) is 0.455. The molecule has 0 aliphatic heterocycles. The lowest BCUT2D eigenvalue weighted by molar-refractivity contribution is 0.341. The van der Waals surface area contributed by atoms with Gasteiger partial charge in [-0.1, -0.05) is 24.6 Å². The van der Waals surface area contributed by atoms with Crippen molar-refractivity contribution >= 4 is 9.84 Å². The van der Waals surface area contributed by atoms with Gasteiger partial charge in [-0.25, -0.2) is 8.42 Å². The average Bonchev–Trinajstić information content (AvgIpc) is 2.18. The second kappa shape index (κ2) is 3.61. The van der Waals surface area contributed by atoms with E-state index in [1.807, 2.05) is 0 Å². The molecular formula is C11H14NO2S. The van der Waals surface area contributed by atoms with Gasteiger partial charge >= 0.3 is 0 Å². The highest BCUT2D eigenvalue weighted by molar-refractivity contribution is 7.93. The molecular weight excluding hydrogens is 210 g/mol. The van der Waals surface area contributed by atoms with Crippen molar-refractivity contribution in [2.75, 3.05) is 6.54 Å². The van der Waals surface area contributed by atoms with Crippen molar-refractivity contribution in [2.45, 2.75) is 28.9 Å². The first-order valence-corrected chi connectivity index (χ1v) is 6.55. The first-order chi connectivity index (χ1) is 7.12. The molecule has 1 aromatic rings. The van der Waals surface area contributed by atoms with Crippen LogP contribution in [0.4, 0.5) is 0 Å². The minimum absolute atomic E-state index is 0.0236. The molecule has 1 aliphatic rings. The molecule has 1 aliphatic carbocycles. The van der Waals surface area contributed by atoms with Crippen LogP contribution in [0.5, 0.6) is 0 Å². The Morgan fingerprint density at radius 3 is 2.20 bits per heavy atom. The standard InChI is InChI=1S/C11H14NO2S/c12-9-11(7-4-8-11)15(13,14)10-5-2-1-3-6-10/h1-3,5-6,12H,4,7-9H2. The van der Waals surface area contributed by atoms with Crippen molar-refractivity contribution in [1.29, 1.82) is 0 Å². The number of sulfone groups is 1. The molecule has 0 amide bonds. The molecule has 0 saturated heterocycles. The van der Waals surface area contributed by atoms with Gasteiger partial charge in [-0.05, 0) is 25.0 Å². The van der Waals surface area contributed by atoms with Crippen molar-refractivity contribution in [3.8, 4) is 0 Å². The van der Waals surface area contributed by atoms with Crippen LogP contribution in [0, 0.1) is 0 Å². The highest BCUT2D eigenvalue weighted by Crippen LogP contribution is 2.42. The third-order valence-corrected chi connectivity index (χ3v) is 5.80. The van der Waals surface area contributed by atoms with E-state index >= 15 is 0 Å². The zero-order valence-corrected chi connectivity index (χ0v) is 9.26. The number of rotatable bonds is 3. The van der Waals surface area contributed by atoms with Crippen molar-refractivity contribution < 1.29 is 8.42 Å². The average molecular weight is 224 g/mol. The topological polar surface area (TPSA) is 57.9 Å². The molecule has 81 valence electrons. The molecule has 1 N–H and O–H groups in total. The minimum atomic E-state index is -3.30. The van der Waals surface area contributed by atoms with Gasteiger partial charge in [0.2, 0.25) is 0 Å². The van der Waals surface area contributed by atoms with E-state index in [1.165, 1.54) is 0 Å². The van der Waals surface area contributed by atoms with Gasteiger partial charge in [0.05, 0.1) is 9.64 Å².